The number of hydrogen-bond donors (Lipinski definition) is 0. The van der Waals surface area contributed by atoms with Crippen LogP contribution in [0.4, 0.5) is 0 Å². The standard InChI is InChI=1S/2C17H17.2ClH.Zr/c2*1-2-3-7-13-9-6-11-16-15-10-5-4-8-14(15)12-17(13)16;;;/h2*4-6,8-12H,2-3,7H2,1H3;2*1H;. The molecule has 190 valence electrons. The van der Waals surface area contributed by atoms with Crippen LogP contribution < -0.4 is 0 Å². The summed E-state index contributed by atoms with van der Waals surface area (Å²) in [6.07, 6.45) is 27.6. The molecular weight excluding hydrogens is 571 g/mol. The zero-order valence-corrected chi connectivity index (χ0v) is 25.9. The van der Waals surface area contributed by atoms with Crippen LogP contribution in [0.25, 0.3) is 23.3 Å². The van der Waals surface area contributed by atoms with Gasteiger partial charge in [0.1, 0.15) is 0 Å². The van der Waals surface area contributed by atoms with Crippen LogP contribution in [-0.2, 0) is 23.2 Å². The molecule has 0 radical (unpaired) electrons. The van der Waals surface area contributed by atoms with Gasteiger partial charge in [-0.25, -0.2) is 0 Å². The molecule has 37 heavy (non-hydrogen) atoms. The summed E-state index contributed by atoms with van der Waals surface area (Å²) in [6.45, 7) is 4.70. The molecule has 0 N–H and O–H groups in total. The van der Waals surface area contributed by atoms with E-state index in [2.05, 4.69) is 111 Å². The van der Waals surface area contributed by atoms with E-state index in [9.17, 15) is 0 Å². The zero-order valence-electron chi connectivity index (χ0n) is 21.8. The summed E-state index contributed by atoms with van der Waals surface area (Å²) >= 11 is -1.06. The van der Waals surface area contributed by atoms with Gasteiger partial charge in [-0.15, -0.1) is 24.8 Å². The third kappa shape index (κ3) is 4.82. The van der Waals surface area contributed by atoms with E-state index in [0.717, 1.165) is 0 Å². The molecule has 0 aliphatic heterocycles. The van der Waals surface area contributed by atoms with Crippen LogP contribution in [0.1, 0.15) is 74.6 Å². The molecule has 2 aromatic carbocycles. The number of fused-ring (bicyclic) bond motifs is 6. The fourth-order valence-corrected chi connectivity index (χ4v) is 12.5. The van der Waals surface area contributed by atoms with Crippen molar-refractivity contribution in [2.24, 2.45) is 0 Å². The molecule has 0 saturated heterocycles. The summed E-state index contributed by atoms with van der Waals surface area (Å²) in [5.74, 6) is 0. The number of benzene rings is 2. The van der Waals surface area contributed by atoms with Gasteiger partial charge in [-0.2, -0.15) is 0 Å². The van der Waals surface area contributed by atoms with Crippen molar-refractivity contribution in [1.29, 1.82) is 0 Å². The minimum atomic E-state index is -1.06. The summed E-state index contributed by atoms with van der Waals surface area (Å²) in [4.78, 5) is 0. The van der Waals surface area contributed by atoms with Gasteiger partial charge in [0.05, 0.1) is 0 Å². The second-order valence-electron chi connectivity index (χ2n) is 10.4. The number of allylic oxidation sites excluding steroid dienone is 10. The van der Waals surface area contributed by atoms with E-state index in [1.807, 2.05) is 0 Å². The van der Waals surface area contributed by atoms with Crippen LogP contribution in [-0.4, -0.2) is 0 Å². The molecule has 0 saturated carbocycles. The van der Waals surface area contributed by atoms with Crippen LogP contribution in [0.2, 0.25) is 6.25 Å². The van der Waals surface area contributed by atoms with Crippen molar-refractivity contribution in [3.05, 3.63) is 118 Å². The molecule has 6 rings (SSSR count). The average Bonchev–Trinajstić information content (AvgIpc) is 3.47. The van der Waals surface area contributed by atoms with E-state index >= 15 is 0 Å². The molecular formula is C34H36Cl2Zr. The van der Waals surface area contributed by atoms with E-state index in [4.69, 9.17) is 0 Å². The van der Waals surface area contributed by atoms with Crippen LogP contribution in [0.5, 0.6) is 0 Å². The number of rotatable bonds is 8. The molecule has 0 nitrogen and oxygen atoms in total. The first kappa shape index (κ1) is 28.4. The smallest absolute Gasteiger partial charge is 0.147 e. The van der Waals surface area contributed by atoms with Gasteiger partial charge in [0.15, 0.2) is 0 Å². The van der Waals surface area contributed by atoms with Gasteiger partial charge in [0.25, 0.3) is 0 Å². The predicted octanol–water partition coefficient (Wildman–Crippen LogP) is 10.7. The molecule has 4 aliphatic rings. The fourth-order valence-electron chi connectivity index (χ4n) is 6.48. The van der Waals surface area contributed by atoms with E-state index in [-0.39, 0.29) is 31.1 Å². The minimum absolute atomic E-state index is 0. The minimum Gasteiger partial charge on any atom is -0.147 e. The topological polar surface area (TPSA) is 0 Å². The Kier molecular flexibility index (Phi) is 8.90. The van der Waals surface area contributed by atoms with Crippen LogP contribution >= 0.6 is 24.8 Å². The summed E-state index contributed by atoms with van der Waals surface area (Å²) in [5, 5.41) is 0. The largest absolute Gasteiger partial charge is 0.147 e. The van der Waals surface area contributed by atoms with Gasteiger partial charge in [-0.1, -0.05) is 0 Å². The van der Waals surface area contributed by atoms with Crippen molar-refractivity contribution in [2.45, 2.75) is 58.6 Å². The Hall–Kier alpha value is -1.66. The predicted molar refractivity (Wildman–Crippen MR) is 162 cm³/mol. The average molecular weight is 607 g/mol. The summed E-state index contributed by atoms with van der Waals surface area (Å²) in [6, 6.07) is 18.0. The normalized spacial score (nSPS) is 23.7. The van der Waals surface area contributed by atoms with Gasteiger partial charge < -0.3 is 0 Å². The van der Waals surface area contributed by atoms with Gasteiger partial charge in [0.2, 0.25) is 0 Å². The Morgan fingerprint density at radius 2 is 1.05 bits per heavy atom. The Bertz CT molecular complexity index is 1250. The molecule has 0 aromatic heterocycles. The van der Waals surface area contributed by atoms with Crippen molar-refractivity contribution in [1.82, 2.24) is 0 Å². The van der Waals surface area contributed by atoms with Gasteiger partial charge in [-0.3, -0.25) is 0 Å². The van der Waals surface area contributed by atoms with Crippen LogP contribution in [0.15, 0.2) is 96.1 Å². The zero-order chi connectivity index (χ0) is 23.9. The molecule has 0 spiro atoms. The number of hydrogen-bond acceptors (Lipinski definition) is 0. The second kappa shape index (κ2) is 11.6. The van der Waals surface area contributed by atoms with Crippen LogP contribution in [0, 0.1) is 0 Å². The van der Waals surface area contributed by atoms with Gasteiger partial charge in [0, 0.05) is 0 Å². The van der Waals surface area contributed by atoms with Gasteiger partial charge in [-0.05, 0) is 0 Å². The summed E-state index contributed by atoms with van der Waals surface area (Å²) in [5.41, 5.74) is 11.9. The van der Waals surface area contributed by atoms with Crippen molar-refractivity contribution >= 4 is 48.1 Å². The molecule has 2 atom stereocenters. The third-order valence-electron chi connectivity index (χ3n) is 8.23. The molecule has 3 heteroatoms. The molecule has 2 unspecified atom stereocenters. The molecule has 0 heterocycles. The SMILES string of the molecule is CCCC[C]1([Zr][C]2(CCCC)C=CC=C3C2=Cc2ccccc23)C=CC=C2C1=Cc1ccccc12.Cl.Cl. The maximum atomic E-state index is 2.64. The van der Waals surface area contributed by atoms with Crippen molar-refractivity contribution in [2.75, 3.05) is 0 Å². The third-order valence-corrected chi connectivity index (χ3v) is 13.8. The fraction of sp³-hybridized carbons (Fsp3) is 0.294. The molecule has 4 aliphatic carbocycles. The first-order valence-electron chi connectivity index (χ1n) is 13.4. The first-order chi connectivity index (χ1) is 17.2. The maximum Gasteiger partial charge on any atom is -0.147 e. The summed E-state index contributed by atoms with van der Waals surface area (Å²) < 4.78 is 0.442. The molecule has 0 amide bonds. The maximum absolute atomic E-state index is 2.64. The molecule has 0 fully saturated rings. The second-order valence-corrected chi connectivity index (χ2v) is 15.4. The Morgan fingerprint density at radius 1 is 0.622 bits per heavy atom. The molecule has 0 bridgehead atoms. The Labute approximate surface area is 246 Å². The van der Waals surface area contributed by atoms with Crippen molar-refractivity contribution in [3.63, 3.8) is 0 Å². The summed E-state index contributed by atoms with van der Waals surface area (Å²) in [7, 11) is 0. The monoisotopic (exact) mass is 604 g/mol. The quantitative estimate of drug-likeness (QED) is 0.280. The van der Waals surface area contributed by atoms with E-state index in [1.165, 1.54) is 71.9 Å². The Morgan fingerprint density at radius 3 is 1.49 bits per heavy atom. The van der Waals surface area contributed by atoms with Crippen molar-refractivity contribution in [3.8, 4) is 0 Å². The first-order valence-corrected chi connectivity index (χ1v) is 15.9. The van der Waals surface area contributed by atoms with E-state index in [0.29, 0.717) is 0 Å². The van der Waals surface area contributed by atoms with Crippen molar-refractivity contribution < 1.29 is 23.2 Å². The Balaban J connectivity index is 0.00000160. The number of halogens is 2. The van der Waals surface area contributed by atoms with E-state index in [1.54, 1.807) is 11.1 Å². The van der Waals surface area contributed by atoms with E-state index < -0.39 is 23.2 Å². The molecule has 2 aromatic rings. The number of unbranched alkanes of at least 4 members (excludes halogenated alkanes) is 2. The van der Waals surface area contributed by atoms with Gasteiger partial charge >= 0.3 is 224 Å². The van der Waals surface area contributed by atoms with Crippen LogP contribution in [0.3, 0.4) is 0 Å².